The van der Waals surface area contributed by atoms with Crippen LogP contribution in [0.3, 0.4) is 0 Å². The summed E-state index contributed by atoms with van der Waals surface area (Å²) in [5.74, 6) is 1.08. The lowest BCUT2D eigenvalue weighted by atomic mass is 10.2. The first-order chi connectivity index (χ1) is 8.72. The van der Waals surface area contributed by atoms with Crippen LogP contribution in [0.1, 0.15) is 20.8 Å². The van der Waals surface area contributed by atoms with Gasteiger partial charge in [0.25, 0.3) is 0 Å². The van der Waals surface area contributed by atoms with Crippen molar-refractivity contribution in [2.24, 2.45) is 4.99 Å². The largest absolute Gasteiger partial charge is 0.372 e. The zero-order chi connectivity index (χ0) is 13.0. The molecule has 3 nitrogen and oxygen atoms in total. The van der Waals surface area contributed by atoms with Gasteiger partial charge in [0.15, 0.2) is 5.17 Å². The lowest BCUT2D eigenvalue weighted by Gasteiger charge is -2.21. The number of nitrogens with one attached hydrogen (secondary N) is 1. The third-order valence-electron chi connectivity index (χ3n) is 3.05. The Morgan fingerprint density at radius 1 is 1.28 bits per heavy atom. The second kappa shape index (κ2) is 6.14. The summed E-state index contributed by atoms with van der Waals surface area (Å²) in [7, 11) is 0. The summed E-state index contributed by atoms with van der Waals surface area (Å²) in [6.07, 6.45) is 0. The van der Waals surface area contributed by atoms with Gasteiger partial charge in [0.1, 0.15) is 0 Å². The van der Waals surface area contributed by atoms with E-state index in [1.165, 1.54) is 5.69 Å². The maximum atomic E-state index is 4.53. The van der Waals surface area contributed by atoms with Crippen LogP contribution >= 0.6 is 11.8 Å². The summed E-state index contributed by atoms with van der Waals surface area (Å²) < 4.78 is 0. The first kappa shape index (κ1) is 13.3. The number of anilines is 2. The third kappa shape index (κ3) is 3.19. The molecule has 18 heavy (non-hydrogen) atoms. The van der Waals surface area contributed by atoms with Crippen molar-refractivity contribution in [2.75, 3.05) is 29.1 Å². The zero-order valence-electron chi connectivity index (χ0n) is 11.3. The van der Waals surface area contributed by atoms with Gasteiger partial charge in [0.05, 0.1) is 6.04 Å². The number of aliphatic imine (C=N–C) groups is 1. The quantitative estimate of drug-likeness (QED) is 0.902. The normalized spacial score (nSPS) is 18.6. The Bertz CT molecular complexity index is 410. The Morgan fingerprint density at radius 2 is 1.94 bits per heavy atom. The molecule has 0 radical (unpaired) electrons. The van der Waals surface area contributed by atoms with Crippen LogP contribution in [-0.4, -0.2) is 30.1 Å². The van der Waals surface area contributed by atoms with Crippen LogP contribution < -0.4 is 10.2 Å². The Labute approximate surface area is 114 Å². The van der Waals surface area contributed by atoms with Crippen LogP contribution in [0.4, 0.5) is 11.4 Å². The van der Waals surface area contributed by atoms with E-state index in [0.717, 1.165) is 29.7 Å². The molecule has 1 aromatic carbocycles. The summed E-state index contributed by atoms with van der Waals surface area (Å²) in [4.78, 5) is 6.87. The monoisotopic (exact) mass is 263 g/mol. The van der Waals surface area contributed by atoms with Crippen molar-refractivity contribution in [1.82, 2.24) is 0 Å². The van der Waals surface area contributed by atoms with Crippen molar-refractivity contribution >= 4 is 28.3 Å². The Morgan fingerprint density at radius 3 is 2.44 bits per heavy atom. The molecule has 1 heterocycles. The van der Waals surface area contributed by atoms with E-state index in [1.807, 2.05) is 0 Å². The van der Waals surface area contributed by atoms with Gasteiger partial charge in [-0.1, -0.05) is 11.8 Å². The van der Waals surface area contributed by atoms with E-state index in [4.69, 9.17) is 0 Å². The number of hydrogen-bond donors (Lipinski definition) is 1. The molecule has 98 valence electrons. The molecule has 1 atom stereocenters. The van der Waals surface area contributed by atoms with Crippen molar-refractivity contribution in [3.8, 4) is 0 Å². The fraction of sp³-hybridized carbons (Fsp3) is 0.500. The molecule has 1 N–H and O–H groups in total. The maximum absolute atomic E-state index is 4.53. The number of benzene rings is 1. The van der Waals surface area contributed by atoms with Crippen LogP contribution in [0.15, 0.2) is 29.3 Å². The molecule has 0 bridgehead atoms. The van der Waals surface area contributed by atoms with E-state index in [0.29, 0.717) is 6.04 Å². The van der Waals surface area contributed by atoms with Gasteiger partial charge < -0.3 is 10.2 Å². The summed E-state index contributed by atoms with van der Waals surface area (Å²) in [6, 6.07) is 9.02. The van der Waals surface area contributed by atoms with Gasteiger partial charge in [-0.2, -0.15) is 0 Å². The molecule has 1 aliphatic rings. The van der Waals surface area contributed by atoms with Gasteiger partial charge in [0.2, 0.25) is 0 Å². The number of thioether (sulfide) groups is 1. The smallest absolute Gasteiger partial charge is 0.161 e. The maximum Gasteiger partial charge on any atom is 0.161 e. The first-order valence-corrected chi connectivity index (χ1v) is 7.54. The van der Waals surface area contributed by atoms with Gasteiger partial charge >= 0.3 is 0 Å². The minimum absolute atomic E-state index is 0.437. The van der Waals surface area contributed by atoms with Gasteiger partial charge in [0, 0.05) is 30.2 Å². The van der Waals surface area contributed by atoms with E-state index >= 15 is 0 Å². The summed E-state index contributed by atoms with van der Waals surface area (Å²) >= 11 is 1.79. The molecule has 0 amide bonds. The van der Waals surface area contributed by atoms with E-state index in [2.05, 4.69) is 60.2 Å². The van der Waals surface area contributed by atoms with E-state index in [1.54, 1.807) is 11.8 Å². The molecular formula is C14H21N3S. The number of hydrogen-bond acceptors (Lipinski definition) is 4. The molecule has 0 fully saturated rings. The van der Waals surface area contributed by atoms with Gasteiger partial charge in [-0.15, -0.1) is 0 Å². The average Bonchev–Trinajstić information content (AvgIpc) is 2.78. The summed E-state index contributed by atoms with van der Waals surface area (Å²) in [6.45, 7) is 8.60. The topological polar surface area (TPSA) is 27.6 Å². The van der Waals surface area contributed by atoms with E-state index in [-0.39, 0.29) is 0 Å². The molecule has 0 saturated carbocycles. The Balaban J connectivity index is 2.01. The standard InChI is InChI=1S/C14H21N3S/c1-4-17(5-2)13-8-6-12(7-9-13)16-14-15-11(3)10-18-14/h6-9,11H,4-5,10H2,1-3H3,(H,15,16). The number of nitrogens with zero attached hydrogens (tertiary/aromatic N) is 2. The SMILES string of the molecule is CCN(CC)c1ccc(NC2=NC(C)CS2)cc1. The van der Waals surface area contributed by atoms with Crippen molar-refractivity contribution in [2.45, 2.75) is 26.8 Å². The lowest BCUT2D eigenvalue weighted by molar-refractivity contribution is 0.864. The first-order valence-electron chi connectivity index (χ1n) is 6.55. The average molecular weight is 263 g/mol. The third-order valence-corrected chi connectivity index (χ3v) is 4.18. The zero-order valence-corrected chi connectivity index (χ0v) is 12.1. The second-order valence-corrected chi connectivity index (χ2v) is 5.45. The molecule has 0 aromatic heterocycles. The van der Waals surface area contributed by atoms with Crippen molar-refractivity contribution in [1.29, 1.82) is 0 Å². The Hall–Kier alpha value is -1.16. The highest BCUT2D eigenvalue weighted by atomic mass is 32.2. The van der Waals surface area contributed by atoms with E-state index in [9.17, 15) is 0 Å². The van der Waals surface area contributed by atoms with E-state index < -0.39 is 0 Å². The molecule has 0 spiro atoms. The highest BCUT2D eigenvalue weighted by Gasteiger charge is 2.13. The van der Waals surface area contributed by atoms with Crippen LogP contribution in [-0.2, 0) is 0 Å². The highest BCUT2D eigenvalue weighted by molar-refractivity contribution is 8.14. The van der Waals surface area contributed by atoms with Crippen molar-refractivity contribution in [3.05, 3.63) is 24.3 Å². The fourth-order valence-electron chi connectivity index (χ4n) is 2.01. The summed E-state index contributed by atoms with van der Waals surface area (Å²) in [5, 5.41) is 4.41. The molecule has 2 rings (SSSR count). The second-order valence-electron chi connectivity index (χ2n) is 4.44. The minimum atomic E-state index is 0.437. The van der Waals surface area contributed by atoms with Gasteiger partial charge in [-0.05, 0) is 45.0 Å². The molecule has 4 heteroatoms. The van der Waals surface area contributed by atoms with Crippen LogP contribution in [0, 0.1) is 0 Å². The van der Waals surface area contributed by atoms with Crippen LogP contribution in [0.2, 0.25) is 0 Å². The van der Waals surface area contributed by atoms with Gasteiger partial charge in [-0.3, -0.25) is 4.99 Å². The molecule has 1 aromatic rings. The number of amidine groups is 1. The number of rotatable bonds is 4. The molecule has 0 aliphatic carbocycles. The molecular weight excluding hydrogens is 242 g/mol. The summed E-state index contributed by atoms with van der Waals surface area (Å²) in [5.41, 5.74) is 2.39. The van der Waals surface area contributed by atoms with Crippen LogP contribution in [0.25, 0.3) is 0 Å². The van der Waals surface area contributed by atoms with Crippen molar-refractivity contribution < 1.29 is 0 Å². The lowest BCUT2D eigenvalue weighted by Crippen LogP contribution is -2.21. The fourth-order valence-corrected chi connectivity index (χ4v) is 2.93. The van der Waals surface area contributed by atoms with Gasteiger partial charge in [-0.25, -0.2) is 0 Å². The molecule has 1 aliphatic heterocycles. The Kier molecular flexibility index (Phi) is 4.53. The molecule has 0 saturated heterocycles. The highest BCUT2D eigenvalue weighted by Crippen LogP contribution is 2.22. The van der Waals surface area contributed by atoms with Crippen LogP contribution in [0.5, 0.6) is 0 Å². The minimum Gasteiger partial charge on any atom is -0.372 e. The molecule has 1 unspecified atom stereocenters. The van der Waals surface area contributed by atoms with Crippen molar-refractivity contribution in [3.63, 3.8) is 0 Å². The predicted octanol–water partition coefficient (Wildman–Crippen LogP) is 3.44. The predicted molar refractivity (Wildman–Crippen MR) is 83.0 cm³/mol.